The second kappa shape index (κ2) is 3.01. The molecule has 0 atom stereocenters. The van der Waals surface area contributed by atoms with Crippen molar-refractivity contribution in [3.63, 3.8) is 0 Å². The fourth-order valence-electron chi connectivity index (χ4n) is 0.582. The largest absolute Gasteiger partial charge is 0.445 e. The quantitative estimate of drug-likeness (QED) is 0.690. The van der Waals surface area contributed by atoms with Crippen molar-refractivity contribution in [3.05, 3.63) is 10.0 Å². The zero-order chi connectivity index (χ0) is 9.35. The first-order chi connectivity index (χ1) is 5.41. The van der Waals surface area contributed by atoms with Gasteiger partial charge in [-0.3, -0.25) is 0 Å². The molecule has 0 radical (unpaired) electrons. The van der Waals surface area contributed by atoms with E-state index in [0.29, 0.717) is 16.3 Å². The molecule has 1 aromatic rings. The monoisotopic (exact) mass is 196 g/mol. The van der Waals surface area contributed by atoms with E-state index in [0.717, 1.165) is 0 Å². The molecule has 1 heterocycles. The van der Waals surface area contributed by atoms with Crippen LogP contribution in [0.2, 0.25) is 0 Å². The minimum absolute atomic E-state index is 0.00130. The highest BCUT2D eigenvalue weighted by atomic mass is 32.1. The predicted molar refractivity (Wildman–Crippen MR) is 39.0 cm³/mol. The summed E-state index contributed by atoms with van der Waals surface area (Å²) in [5, 5.41) is 6.03. The van der Waals surface area contributed by atoms with Gasteiger partial charge in [0.25, 0.3) is 0 Å². The first kappa shape index (κ1) is 9.44. The van der Waals surface area contributed by atoms with Gasteiger partial charge in [-0.25, -0.2) is 0 Å². The van der Waals surface area contributed by atoms with Gasteiger partial charge in [0, 0.05) is 5.92 Å². The summed E-state index contributed by atoms with van der Waals surface area (Å²) >= 11 is 0.601. The molecule has 2 nitrogen and oxygen atoms in total. The van der Waals surface area contributed by atoms with Gasteiger partial charge in [0.2, 0.25) is 5.01 Å². The van der Waals surface area contributed by atoms with Crippen molar-refractivity contribution in [2.45, 2.75) is 25.9 Å². The Morgan fingerprint density at radius 3 is 2.08 bits per heavy atom. The number of halogens is 3. The van der Waals surface area contributed by atoms with Gasteiger partial charge < -0.3 is 0 Å². The SMILES string of the molecule is CC(C)c1nnc(C(F)(F)F)s1. The second-order valence-corrected chi connectivity index (χ2v) is 3.61. The van der Waals surface area contributed by atoms with Gasteiger partial charge in [0.15, 0.2) is 0 Å². The van der Waals surface area contributed by atoms with Crippen LogP contribution in [0.25, 0.3) is 0 Å². The first-order valence-corrected chi connectivity index (χ1v) is 4.13. The summed E-state index contributed by atoms with van der Waals surface area (Å²) < 4.78 is 35.9. The zero-order valence-electron chi connectivity index (χ0n) is 6.51. The normalized spacial score (nSPS) is 12.5. The lowest BCUT2D eigenvalue weighted by Gasteiger charge is -1.98. The summed E-state index contributed by atoms with van der Waals surface area (Å²) in [7, 11) is 0. The molecule has 0 saturated heterocycles. The lowest BCUT2D eigenvalue weighted by Crippen LogP contribution is -2.03. The molecule has 12 heavy (non-hydrogen) atoms. The van der Waals surface area contributed by atoms with Crippen molar-refractivity contribution in [1.29, 1.82) is 0 Å². The first-order valence-electron chi connectivity index (χ1n) is 3.32. The number of hydrogen-bond donors (Lipinski definition) is 0. The molecule has 68 valence electrons. The predicted octanol–water partition coefficient (Wildman–Crippen LogP) is 2.68. The molecule has 0 amide bonds. The standard InChI is InChI=1S/C6H7F3N2S/c1-3(2)4-10-11-5(12-4)6(7,8)9/h3H,1-2H3. The van der Waals surface area contributed by atoms with Crippen LogP contribution in [0.4, 0.5) is 13.2 Å². The third kappa shape index (κ3) is 1.94. The minimum atomic E-state index is -4.36. The molecule has 0 aromatic carbocycles. The van der Waals surface area contributed by atoms with Crippen molar-refractivity contribution < 1.29 is 13.2 Å². The van der Waals surface area contributed by atoms with Crippen LogP contribution in [0.1, 0.15) is 29.8 Å². The molecule has 0 spiro atoms. The van der Waals surface area contributed by atoms with E-state index in [9.17, 15) is 13.2 Å². The maximum atomic E-state index is 12.0. The summed E-state index contributed by atoms with van der Waals surface area (Å²) in [5.74, 6) is -0.00130. The lowest BCUT2D eigenvalue weighted by atomic mass is 10.2. The summed E-state index contributed by atoms with van der Waals surface area (Å²) in [6.45, 7) is 3.56. The Hall–Kier alpha value is -0.650. The van der Waals surface area contributed by atoms with Gasteiger partial charge in [0.05, 0.1) is 0 Å². The fourth-order valence-corrected chi connectivity index (χ4v) is 1.30. The van der Waals surface area contributed by atoms with Crippen LogP contribution in [0.5, 0.6) is 0 Å². The molecule has 0 aliphatic carbocycles. The van der Waals surface area contributed by atoms with E-state index in [-0.39, 0.29) is 5.92 Å². The van der Waals surface area contributed by atoms with Gasteiger partial charge in [-0.05, 0) is 0 Å². The van der Waals surface area contributed by atoms with Crippen LogP contribution in [0.3, 0.4) is 0 Å². The maximum absolute atomic E-state index is 12.0. The minimum Gasteiger partial charge on any atom is -0.164 e. The smallest absolute Gasteiger partial charge is 0.164 e. The molecule has 6 heteroatoms. The summed E-state index contributed by atoms with van der Waals surface area (Å²) in [5.41, 5.74) is 0. The van der Waals surface area contributed by atoms with Crippen molar-refractivity contribution >= 4 is 11.3 Å². The van der Waals surface area contributed by atoms with Crippen molar-refractivity contribution in [3.8, 4) is 0 Å². The molecular weight excluding hydrogens is 189 g/mol. The third-order valence-electron chi connectivity index (χ3n) is 1.18. The number of nitrogens with zero attached hydrogens (tertiary/aromatic N) is 2. The highest BCUT2D eigenvalue weighted by Gasteiger charge is 2.35. The fraction of sp³-hybridized carbons (Fsp3) is 0.667. The molecule has 0 saturated carbocycles. The molecule has 0 aliphatic rings. The van der Waals surface area contributed by atoms with Gasteiger partial charge in [0.1, 0.15) is 5.01 Å². The number of hydrogen-bond acceptors (Lipinski definition) is 3. The molecule has 0 N–H and O–H groups in total. The second-order valence-electron chi connectivity index (χ2n) is 2.60. The van der Waals surface area contributed by atoms with Crippen LogP contribution in [-0.4, -0.2) is 10.2 Å². The van der Waals surface area contributed by atoms with Crippen LogP contribution in [0.15, 0.2) is 0 Å². The molecule has 1 rings (SSSR count). The van der Waals surface area contributed by atoms with E-state index in [1.165, 1.54) is 0 Å². The van der Waals surface area contributed by atoms with Crippen molar-refractivity contribution in [2.75, 3.05) is 0 Å². The Bertz CT molecular complexity index is 266. The Balaban J connectivity index is 2.92. The zero-order valence-corrected chi connectivity index (χ0v) is 7.33. The number of aromatic nitrogens is 2. The molecule has 1 aromatic heterocycles. The van der Waals surface area contributed by atoms with E-state index >= 15 is 0 Å². The van der Waals surface area contributed by atoms with Crippen LogP contribution in [-0.2, 0) is 6.18 Å². The molecule has 0 unspecified atom stereocenters. The van der Waals surface area contributed by atoms with Gasteiger partial charge in [-0.1, -0.05) is 25.2 Å². The molecular formula is C6H7F3N2S. The molecule has 0 fully saturated rings. The average Bonchev–Trinajstić information content (AvgIpc) is 2.30. The number of alkyl halides is 3. The van der Waals surface area contributed by atoms with E-state index in [2.05, 4.69) is 10.2 Å². The Labute approximate surface area is 71.4 Å². The van der Waals surface area contributed by atoms with Gasteiger partial charge >= 0.3 is 6.18 Å². The Morgan fingerprint density at radius 1 is 1.25 bits per heavy atom. The van der Waals surface area contributed by atoms with E-state index in [4.69, 9.17) is 0 Å². The van der Waals surface area contributed by atoms with Crippen LogP contribution < -0.4 is 0 Å². The third-order valence-corrected chi connectivity index (χ3v) is 2.45. The van der Waals surface area contributed by atoms with Gasteiger partial charge in [-0.15, -0.1) is 10.2 Å². The van der Waals surface area contributed by atoms with Crippen LogP contribution >= 0.6 is 11.3 Å². The summed E-state index contributed by atoms with van der Waals surface area (Å²) in [6.07, 6.45) is -4.36. The lowest BCUT2D eigenvalue weighted by molar-refractivity contribution is -0.138. The highest BCUT2D eigenvalue weighted by Crippen LogP contribution is 2.33. The number of rotatable bonds is 1. The Morgan fingerprint density at radius 2 is 1.83 bits per heavy atom. The highest BCUT2D eigenvalue weighted by molar-refractivity contribution is 7.11. The molecule has 0 aliphatic heterocycles. The molecule has 0 bridgehead atoms. The van der Waals surface area contributed by atoms with Crippen molar-refractivity contribution in [2.24, 2.45) is 0 Å². The Kier molecular flexibility index (Phi) is 2.36. The van der Waals surface area contributed by atoms with Crippen molar-refractivity contribution in [1.82, 2.24) is 10.2 Å². The van der Waals surface area contributed by atoms with E-state index < -0.39 is 11.2 Å². The topological polar surface area (TPSA) is 25.8 Å². The summed E-state index contributed by atoms with van der Waals surface area (Å²) in [4.78, 5) is 0. The van der Waals surface area contributed by atoms with Crippen LogP contribution in [0, 0.1) is 0 Å². The summed E-state index contributed by atoms with van der Waals surface area (Å²) in [6, 6.07) is 0. The average molecular weight is 196 g/mol. The van der Waals surface area contributed by atoms with E-state index in [1.54, 1.807) is 13.8 Å². The van der Waals surface area contributed by atoms with E-state index in [1.807, 2.05) is 0 Å². The van der Waals surface area contributed by atoms with Gasteiger partial charge in [-0.2, -0.15) is 13.2 Å². The maximum Gasteiger partial charge on any atom is 0.445 e.